The summed E-state index contributed by atoms with van der Waals surface area (Å²) in [6, 6.07) is 0. The van der Waals surface area contributed by atoms with Gasteiger partial charge in [0.05, 0.1) is 0 Å². The minimum atomic E-state index is -0.607. The van der Waals surface area contributed by atoms with E-state index in [0.717, 1.165) is 0 Å². The molecule has 0 radical (unpaired) electrons. The topological polar surface area (TPSA) is 47.6 Å². The maximum absolute atomic E-state index is 6.94. The number of hydrogen-bond acceptors (Lipinski definition) is 0. The van der Waals surface area contributed by atoms with Crippen molar-refractivity contribution < 1.29 is 37.7 Å². The van der Waals surface area contributed by atoms with Gasteiger partial charge in [0, 0.05) is 8.80 Å². The van der Waals surface area contributed by atoms with Crippen LogP contribution in [0.5, 0.6) is 0 Å². The predicted molar refractivity (Wildman–Crippen MR) is 108 cm³/mol. The van der Waals surface area contributed by atoms with Crippen molar-refractivity contribution in [3.8, 4) is 0 Å². The third-order valence-corrected chi connectivity index (χ3v) is 6.68. The molecule has 0 fully saturated rings. The Morgan fingerprint density at radius 1 is 0.833 bits per heavy atom. The van der Waals surface area contributed by atoms with Crippen LogP contribution in [0.1, 0.15) is 69.2 Å². The molecular formula is C19H40Li2N2Si. The van der Waals surface area contributed by atoms with Gasteiger partial charge in [-0.25, -0.2) is 0 Å². The molecule has 1 aliphatic rings. The maximum atomic E-state index is 6.94. The van der Waals surface area contributed by atoms with Gasteiger partial charge in [-0.1, -0.05) is 78.8 Å². The molecule has 0 spiro atoms. The summed E-state index contributed by atoms with van der Waals surface area (Å²) in [5, 5.41) is 0.453. The Kier molecular flexibility index (Phi) is 16.6. The largest absolute Gasteiger partial charge is 1.00 e. The number of allylic oxidation sites excluding steroid dienone is 4. The van der Waals surface area contributed by atoms with Gasteiger partial charge in [-0.2, -0.15) is 0 Å². The van der Waals surface area contributed by atoms with Crippen LogP contribution in [0.2, 0.25) is 18.1 Å². The van der Waals surface area contributed by atoms with Crippen molar-refractivity contribution >= 4 is 8.80 Å². The normalized spacial score (nSPS) is 20.0. The Hall–Kier alpha value is 0.812. The summed E-state index contributed by atoms with van der Waals surface area (Å²) in [6.45, 7) is 25.2. The zero-order chi connectivity index (χ0) is 18.5. The first kappa shape index (κ1) is 32.5. The van der Waals surface area contributed by atoms with Crippen LogP contribution in [0.15, 0.2) is 22.8 Å². The predicted octanol–water partition coefficient (Wildman–Crippen LogP) is 1.21. The van der Waals surface area contributed by atoms with Crippen LogP contribution in [-0.2, 0) is 0 Å². The van der Waals surface area contributed by atoms with Crippen LogP contribution in [0, 0.1) is 0 Å². The molecule has 1 rings (SSSR count). The third-order valence-electron chi connectivity index (χ3n) is 3.68. The average molecular weight is 339 g/mol. The summed E-state index contributed by atoms with van der Waals surface area (Å²) >= 11 is 0. The molecule has 0 aliphatic heterocycles. The molecule has 1 atom stereocenters. The molecule has 24 heavy (non-hydrogen) atoms. The molecule has 0 aromatic rings. The summed E-state index contributed by atoms with van der Waals surface area (Å²) in [4.78, 5) is 0. The van der Waals surface area contributed by atoms with E-state index in [1.807, 2.05) is 41.5 Å². The van der Waals surface area contributed by atoms with Gasteiger partial charge in [0.2, 0.25) is 0 Å². The van der Waals surface area contributed by atoms with Crippen LogP contribution in [0.3, 0.4) is 0 Å². The van der Waals surface area contributed by atoms with Crippen LogP contribution >= 0.6 is 0 Å². The molecule has 0 saturated heterocycles. The fourth-order valence-electron chi connectivity index (χ4n) is 1.97. The molecule has 2 nitrogen and oxygen atoms in total. The van der Waals surface area contributed by atoms with Gasteiger partial charge in [-0.3, -0.25) is 0 Å². The van der Waals surface area contributed by atoms with E-state index in [-0.39, 0.29) is 48.8 Å². The second-order valence-electron chi connectivity index (χ2n) is 9.01. The molecule has 2 N–H and O–H groups in total. The number of hydrogen-bond donors (Lipinski definition) is 0. The van der Waals surface area contributed by atoms with Gasteiger partial charge in [0.1, 0.15) is 0 Å². The van der Waals surface area contributed by atoms with E-state index in [1.54, 1.807) is 5.57 Å². The third kappa shape index (κ3) is 16.3. The SMILES string of the molecule is CC(C)(C)[NH-].CC(C)(C)[NH-].CC1=CC(C)([SiH](C)C)C(C)=C1C.[Li+].[Li+]. The molecule has 1 unspecified atom stereocenters. The van der Waals surface area contributed by atoms with Crippen LogP contribution < -0.4 is 37.7 Å². The molecule has 0 heterocycles. The fraction of sp³-hybridized carbons (Fsp3) is 0.789. The van der Waals surface area contributed by atoms with E-state index in [4.69, 9.17) is 11.5 Å². The molecule has 1 aliphatic carbocycles. The number of rotatable bonds is 1. The first-order valence-corrected chi connectivity index (χ1v) is 11.2. The molecule has 0 bridgehead atoms. The summed E-state index contributed by atoms with van der Waals surface area (Å²) in [5.74, 6) is 0. The van der Waals surface area contributed by atoms with Gasteiger partial charge in [0.15, 0.2) is 0 Å². The standard InChI is InChI=1S/C11H20Si.2C4H10N.2Li/c1-8-7-11(4,12(5)6)10(3)9(8)2;2*1-4(2,3)5;;/h7,12H,1-6H3;2*5H,1-3H3;;/q;2*-1;2*+1. The van der Waals surface area contributed by atoms with Gasteiger partial charge >= 0.3 is 37.7 Å². The first-order valence-electron chi connectivity index (χ1n) is 8.27. The molecular weight excluding hydrogens is 298 g/mol. The Labute approximate surface area is 178 Å². The van der Waals surface area contributed by atoms with Crippen molar-refractivity contribution in [2.24, 2.45) is 0 Å². The second kappa shape index (κ2) is 12.2. The van der Waals surface area contributed by atoms with Crippen molar-refractivity contribution in [1.29, 1.82) is 0 Å². The van der Waals surface area contributed by atoms with E-state index < -0.39 is 8.80 Å². The molecule has 0 saturated carbocycles. The Balaban J connectivity index is -0.000000142. The smallest absolute Gasteiger partial charge is 0.673 e. The molecule has 0 amide bonds. The summed E-state index contributed by atoms with van der Waals surface area (Å²) in [6.07, 6.45) is 2.48. The van der Waals surface area contributed by atoms with Crippen molar-refractivity contribution in [1.82, 2.24) is 0 Å². The maximum Gasteiger partial charge on any atom is 1.00 e. The van der Waals surface area contributed by atoms with E-state index >= 15 is 0 Å². The van der Waals surface area contributed by atoms with E-state index in [1.165, 1.54) is 11.1 Å². The van der Waals surface area contributed by atoms with E-state index in [9.17, 15) is 0 Å². The van der Waals surface area contributed by atoms with Crippen molar-refractivity contribution in [3.05, 3.63) is 34.3 Å². The monoisotopic (exact) mass is 338 g/mol. The van der Waals surface area contributed by atoms with Gasteiger partial charge < -0.3 is 11.5 Å². The zero-order valence-corrected chi connectivity index (χ0v) is 20.3. The summed E-state index contributed by atoms with van der Waals surface area (Å²) < 4.78 is 0. The van der Waals surface area contributed by atoms with Crippen molar-refractivity contribution in [2.45, 2.75) is 98.4 Å². The van der Waals surface area contributed by atoms with Crippen LogP contribution in [0.25, 0.3) is 11.5 Å². The Bertz CT molecular complexity index is 392. The summed E-state index contributed by atoms with van der Waals surface area (Å²) in [5.41, 5.74) is 18.0. The van der Waals surface area contributed by atoms with Crippen LogP contribution in [-0.4, -0.2) is 19.9 Å². The van der Waals surface area contributed by atoms with Crippen molar-refractivity contribution in [2.75, 3.05) is 0 Å². The van der Waals surface area contributed by atoms with E-state index in [0.29, 0.717) is 5.04 Å². The minimum absolute atomic E-state index is 0. The first-order chi connectivity index (χ1) is 9.39. The summed E-state index contributed by atoms with van der Waals surface area (Å²) in [7, 11) is -0.607. The average Bonchev–Trinajstić information content (AvgIpc) is 2.39. The molecule has 0 aromatic heterocycles. The zero-order valence-electron chi connectivity index (χ0n) is 19.2. The Morgan fingerprint density at radius 2 is 1.08 bits per heavy atom. The van der Waals surface area contributed by atoms with Gasteiger partial charge in [-0.05, 0) is 31.4 Å². The van der Waals surface area contributed by atoms with Gasteiger partial charge in [-0.15, -0.1) is 11.1 Å². The fourth-order valence-corrected chi connectivity index (χ4v) is 3.63. The van der Waals surface area contributed by atoms with Crippen LogP contribution in [0.4, 0.5) is 0 Å². The van der Waals surface area contributed by atoms with E-state index in [2.05, 4.69) is 46.9 Å². The molecule has 0 aromatic carbocycles. The molecule has 132 valence electrons. The van der Waals surface area contributed by atoms with Gasteiger partial charge in [0.25, 0.3) is 0 Å². The van der Waals surface area contributed by atoms with Crippen molar-refractivity contribution in [3.63, 3.8) is 0 Å². The minimum Gasteiger partial charge on any atom is -0.673 e. The second-order valence-corrected chi connectivity index (χ2v) is 12.5. The quantitative estimate of drug-likeness (QED) is 0.646. The Morgan fingerprint density at radius 3 is 1.17 bits per heavy atom. The molecule has 5 heteroatoms. The number of nitrogens with one attached hydrogen (secondary N) is 2.